The van der Waals surface area contributed by atoms with Crippen molar-refractivity contribution in [2.75, 3.05) is 25.5 Å². The molecule has 1 fully saturated rings. The Kier molecular flexibility index (Phi) is 7.05. The molecule has 0 saturated carbocycles. The summed E-state index contributed by atoms with van der Waals surface area (Å²) in [6, 6.07) is 22.6. The molecule has 3 aromatic carbocycles. The van der Waals surface area contributed by atoms with Crippen LogP contribution in [0.1, 0.15) is 35.4 Å². The minimum atomic E-state index is -0.0304. The number of ether oxygens (including phenoxy) is 1. The molecular formula is C30H34N4O2. The van der Waals surface area contributed by atoms with E-state index >= 15 is 0 Å². The fourth-order valence-electron chi connectivity index (χ4n) is 5.19. The maximum Gasteiger partial charge on any atom is 0.228 e. The van der Waals surface area contributed by atoms with E-state index in [2.05, 4.69) is 45.1 Å². The number of imidazole rings is 1. The molecule has 0 spiro atoms. The molecule has 0 unspecified atom stereocenters. The van der Waals surface area contributed by atoms with Crippen molar-refractivity contribution in [3.8, 4) is 5.75 Å². The largest absolute Gasteiger partial charge is 0.497 e. The molecule has 1 N–H and O–H groups in total. The van der Waals surface area contributed by atoms with Gasteiger partial charge in [0.1, 0.15) is 11.6 Å². The number of fused-ring (bicyclic) bond motifs is 1. The Bertz CT molecular complexity index is 1340. The smallest absolute Gasteiger partial charge is 0.228 e. The lowest BCUT2D eigenvalue weighted by Gasteiger charge is -2.32. The average Bonchev–Trinajstić information content (AvgIpc) is 3.23. The van der Waals surface area contributed by atoms with Gasteiger partial charge in [-0.1, -0.05) is 42.5 Å². The van der Waals surface area contributed by atoms with Gasteiger partial charge in [-0.25, -0.2) is 4.98 Å². The number of carbonyl (C=O) groups is 1. The van der Waals surface area contributed by atoms with Crippen LogP contribution in [0.4, 0.5) is 5.69 Å². The summed E-state index contributed by atoms with van der Waals surface area (Å²) >= 11 is 0. The predicted octanol–water partition coefficient (Wildman–Crippen LogP) is 5.56. The molecule has 36 heavy (non-hydrogen) atoms. The number of nitrogens with zero attached hydrogens (tertiary/aromatic N) is 3. The molecule has 5 rings (SSSR count). The lowest BCUT2D eigenvalue weighted by molar-refractivity contribution is -0.121. The zero-order valence-corrected chi connectivity index (χ0v) is 21.3. The first-order chi connectivity index (χ1) is 17.5. The maximum atomic E-state index is 13.2. The SMILES string of the molecule is COc1ccc(Cn2c(CN3CCC[C@H](C(=O)Nc4c(C)cccc4C)C3)nc3ccccc32)cc1. The minimum Gasteiger partial charge on any atom is -0.497 e. The first kappa shape index (κ1) is 24.1. The maximum absolute atomic E-state index is 13.2. The molecule has 1 aliphatic rings. The summed E-state index contributed by atoms with van der Waals surface area (Å²) in [5.41, 5.74) is 6.48. The predicted molar refractivity (Wildman–Crippen MR) is 144 cm³/mol. The van der Waals surface area contributed by atoms with Crippen LogP contribution in [0.2, 0.25) is 0 Å². The fraction of sp³-hybridized carbons (Fsp3) is 0.333. The number of amides is 1. The van der Waals surface area contributed by atoms with E-state index in [0.717, 1.165) is 78.4 Å². The second-order valence-corrected chi connectivity index (χ2v) is 9.78. The molecule has 6 nitrogen and oxygen atoms in total. The second kappa shape index (κ2) is 10.5. The van der Waals surface area contributed by atoms with Crippen LogP contribution in [0.15, 0.2) is 66.7 Å². The number of aryl methyl sites for hydroxylation is 2. The first-order valence-corrected chi connectivity index (χ1v) is 12.7. The van der Waals surface area contributed by atoms with E-state index in [1.165, 1.54) is 5.56 Å². The summed E-state index contributed by atoms with van der Waals surface area (Å²) in [5.74, 6) is 1.97. The van der Waals surface area contributed by atoms with E-state index in [0.29, 0.717) is 0 Å². The van der Waals surface area contributed by atoms with E-state index in [4.69, 9.17) is 9.72 Å². The fourth-order valence-corrected chi connectivity index (χ4v) is 5.19. The molecule has 1 amide bonds. The molecule has 0 radical (unpaired) electrons. The van der Waals surface area contributed by atoms with Crippen LogP contribution in [-0.2, 0) is 17.9 Å². The number of hydrogen-bond acceptors (Lipinski definition) is 4. The number of rotatable bonds is 7. The van der Waals surface area contributed by atoms with Gasteiger partial charge in [-0.05, 0) is 74.2 Å². The van der Waals surface area contributed by atoms with Gasteiger partial charge in [0, 0.05) is 18.8 Å². The highest BCUT2D eigenvalue weighted by Gasteiger charge is 2.27. The highest BCUT2D eigenvalue weighted by atomic mass is 16.5. The average molecular weight is 483 g/mol. The van der Waals surface area contributed by atoms with E-state index in [1.807, 2.05) is 50.2 Å². The highest BCUT2D eigenvalue weighted by Crippen LogP contribution is 2.25. The number of piperidine rings is 1. The minimum absolute atomic E-state index is 0.0304. The Labute approximate surface area is 212 Å². The summed E-state index contributed by atoms with van der Waals surface area (Å²) in [7, 11) is 1.69. The zero-order valence-electron chi connectivity index (χ0n) is 21.3. The Morgan fingerprint density at radius 2 is 1.75 bits per heavy atom. The number of carbonyl (C=O) groups excluding carboxylic acids is 1. The number of benzene rings is 3. The van der Waals surface area contributed by atoms with Gasteiger partial charge in [0.2, 0.25) is 5.91 Å². The van der Waals surface area contributed by atoms with Gasteiger partial charge in [0.15, 0.2) is 0 Å². The molecule has 1 atom stereocenters. The summed E-state index contributed by atoms with van der Waals surface area (Å²) in [5, 5.41) is 3.21. The molecule has 1 aromatic heterocycles. The molecule has 0 bridgehead atoms. The number of methoxy groups -OCH3 is 1. The van der Waals surface area contributed by atoms with Crippen molar-refractivity contribution in [2.24, 2.45) is 5.92 Å². The van der Waals surface area contributed by atoms with Crippen molar-refractivity contribution >= 4 is 22.6 Å². The molecule has 1 saturated heterocycles. The van der Waals surface area contributed by atoms with Gasteiger partial charge < -0.3 is 14.6 Å². The standard InChI is InChI=1S/C30H34N4O2/c1-21-8-6-9-22(2)29(21)32-30(35)24-10-7-17-33(19-24)20-28-31-26-11-4-5-12-27(26)34(28)18-23-13-15-25(36-3)16-14-23/h4-6,8-9,11-16,24H,7,10,17-20H2,1-3H3,(H,32,35)/t24-/m0/s1. The summed E-state index contributed by atoms with van der Waals surface area (Å²) in [6.45, 7) is 7.26. The molecule has 6 heteroatoms. The molecular weight excluding hydrogens is 448 g/mol. The number of para-hydroxylation sites is 3. The third-order valence-electron chi connectivity index (χ3n) is 7.20. The number of anilines is 1. The Morgan fingerprint density at radius 1 is 1.00 bits per heavy atom. The van der Waals surface area contributed by atoms with Gasteiger partial charge in [-0.15, -0.1) is 0 Å². The zero-order chi connectivity index (χ0) is 25.1. The third kappa shape index (κ3) is 5.14. The summed E-state index contributed by atoms with van der Waals surface area (Å²) in [4.78, 5) is 20.6. The molecule has 4 aromatic rings. The van der Waals surface area contributed by atoms with Crippen molar-refractivity contribution in [3.05, 3.63) is 89.2 Å². The number of nitrogens with one attached hydrogen (secondary N) is 1. The number of aromatic nitrogens is 2. The van der Waals surface area contributed by atoms with Crippen molar-refractivity contribution in [1.29, 1.82) is 0 Å². The molecule has 0 aliphatic carbocycles. The van der Waals surface area contributed by atoms with E-state index in [9.17, 15) is 4.79 Å². The van der Waals surface area contributed by atoms with Crippen molar-refractivity contribution in [1.82, 2.24) is 14.5 Å². The molecule has 1 aliphatic heterocycles. The lowest BCUT2D eigenvalue weighted by Crippen LogP contribution is -2.40. The molecule has 186 valence electrons. The normalized spacial score (nSPS) is 16.2. The van der Waals surface area contributed by atoms with Crippen molar-refractivity contribution in [3.63, 3.8) is 0 Å². The lowest BCUT2D eigenvalue weighted by atomic mass is 9.96. The van der Waals surface area contributed by atoms with Gasteiger partial charge in [-0.3, -0.25) is 9.69 Å². The number of hydrogen-bond donors (Lipinski definition) is 1. The van der Waals surface area contributed by atoms with E-state index in [-0.39, 0.29) is 11.8 Å². The van der Waals surface area contributed by atoms with Gasteiger partial charge >= 0.3 is 0 Å². The second-order valence-electron chi connectivity index (χ2n) is 9.78. The van der Waals surface area contributed by atoms with Crippen LogP contribution in [0, 0.1) is 19.8 Å². The van der Waals surface area contributed by atoms with Crippen LogP contribution in [-0.4, -0.2) is 40.6 Å². The Hall–Kier alpha value is -3.64. The number of likely N-dealkylation sites (tertiary alicyclic amines) is 1. The third-order valence-corrected chi connectivity index (χ3v) is 7.20. The van der Waals surface area contributed by atoms with Crippen LogP contribution < -0.4 is 10.1 Å². The van der Waals surface area contributed by atoms with Crippen LogP contribution in [0.3, 0.4) is 0 Å². The Morgan fingerprint density at radius 3 is 2.50 bits per heavy atom. The van der Waals surface area contributed by atoms with Gasteiger partial charge in [0.25, 0.3) is 0 Å². The monoisotopic (exact) mass is 482 g/mol. The quantitative estimate of drug-likeness (QED) is 0.375. The van der Waals surface area contributed by atoms with E-state index < -0.39 is 0 Å². The summed E-state index contributed by atoms with van der Waals surface area (Å²) in [6.07, 6.45) is 1.92. The van der Waals surface area contributed by atoms with Gasteiger partial charge in [-0.2, -0.15) is 0 Å². The van der Waals surface area contributed by atoms with Crippen LogP contribution in [0.25, 0.3) is 11.0 Å². The van der Waals surface area contributed by atoms with E-state index in [1.54, 1.807) is 7.11 Å². The van der Waals surface area contributed by atoms with Crippen molar-refractivity contribution < 1.29 is 9.53 Å². The highest BCUT2D eigenvalue weighted by molar-refractivity contribution is 5.94. The van der Waals surface area contributed by atoms with Gasteiger partial charge in [0.05, 0.1) is 30.6 Å². The molecule has 2 heterocycles. The van der Waals surface area contributed by atoms with Crippen LogP contribution in [0.5, 0.6) is 5.75 Å². The first-order valence-electron chi connectivity index (χ1n) is 12.7. The Balaban J connectivity index is 1.33. The van der Waals surface area contributed by atoms with Crippen molar-refractivity contribution in [2.45, 2.75) is 39.8 Å². The van der Waals surface area contributed by atoms with Crippen LogP contribution >= 0.6 is 0 Å². The summed E-state index contributed by atoms with van der Waals surface area (Å²) < 4.78 is 7.62. The topological polar surface area (TPSA) is 59.4 Å².